The van der Waals surface area contributed by atoms with Crippen LogP contribution in [0.5, 0.6) is 0 Å². The van der Waals surface area contributed by atoms with E-state index >= 15 is 0 Å². The second-order valence-electron chi connectivity index (χ2n) is 8.30. The first-order chi connectivity index (χ1) is 12.4. The van der Waals surface area contributed by atoms with E-state index in [1.165, 1.54) is 6.42 Å². The molecule has 2 aliphatic heterocycles. The lowest BCUT2D eigenvalue weighted by atomic mass is 9.95. The lowest BCUT2D eigenvalue weighted by molar-refractivity contribution is 0.0931. The number of anilines is 1. The first-order valence-electron chi connectivity index (χ1n) is 9.81. The van der Waals surface area contributed by atoms with Crippen LogP contribution in [0.1, 0.15) is 57.3 Å². The Kier molecular flexibility index (Phi) is 4.43. The Morgan fingerprint density at radius 2 is 1.96 bits per heavy atom. The molecular formula is C21H29N3O2. The molecule has 5 heteroatoms. The van der Waals surface area contributed by atoms with Gasteiger partial charge in [-0.25, -0.2) is 0 Å². The van der Waals surface area contributed by atoms with Crippen LogP contribution in [-0.4, -0.2) is 36.1 Å². The molecule has 4 rings (SSSR count). The van der Waals surface area contributed by atoms with Crippen molar-refractivity contribution >= 4 is 22.8 Å². The average molecular weight is 355 g/mol. The van der Waals surface area contributed by atoms with Gasteiger partial charge in [0.1, 0.15) is 5.58 Å². The summed E-state index contributed by atoms with van der Waals surface area (Å²) in [5.41, 5.74) is 1.44. The second-order valence-corrected chi connectivity index (χ2v) is 8.30. The molecule has 2 bridgehead atoms. The predicted octanol–water partition coefficient (Wildman–Crippen LogP) is 3.68. The number of rotatable bonds is 5. The van der Waals surface area contributed by atoms with Gasteiger partial charge in [-0.2, -0.15) is 0 Å². The van der Waals surface area contributed by atoms with Crippen LogP contribution in [-0.2, 0) is 0 Å². The van der Waals surface area contributed by atoms with Crippen LogP contribution in [0.25, 0.3) is 11.0 Å². The molecule has 3 atom stereocenters. The second kappa shape index (κ2) is 6.62. The fraction of sp³-hybridized carbons (Fsp3) is 0.571. The molecule has 1 amide bonds. The number of hydrogen-bond acceptors (Lipinski definition) is 4. The minimum absolute atomic E-state index is 0.00576. The van der Waals surface area contributed by atoms with Gasteiger partial charge in [0.2, 0.25) is 0 Å². The van der Waals surface area contributed by atoms with Crippen molar-refractivity contribution < 1.29 is 9.21 Å². The number of furan rings is 1. The Hall–Kier alpha value is -2.01. The zero-order valence-corrected chi connectivity index (χ0v) is 16.1. The van der Waals surface area contributed by atoms with Gasteiger partial charge in [-0.05, 0) is 59.1 Å². The molecule has 0 saturated carbocycles. The quantitative estimate of drug-likeness (QED) is 0.859. The summed E-state index contributed by atoms with van der Waals surface area (Å²) in [6.07, 6.45) is 3.44. The molecule has 0 spiro atoms. The summed E-state index contributed by atoms with van der Waals surface area (Å²) in [6, 6.07) is 9.78. The van der Waals surface area contributed by atoms with Crippen molar-refractivity contribution in [2.75, 3.05) is 4.90 Å². The molecule has 3 heterocycles. The zero-order chi connectivity index (χ0) is 18.4. The Labute approximate surface area is 155 Å². The highest BCUT2D eigenvalue weighted by Gasteiger charge is 2.39. The van der Waals surface area contributed by atoms with Crippen LogP contribution in [0.4, 0.5) is 5.88 Å². The lowest BCUT2D eigenvalue weighted by Gasteiger charge is -2.30. The molecule has 140 valence electrons. The molecule has 2 N–H and O–H groups in total. The molecule has 2 aliphatic rings. The third kappa shape index (κ3) is 3.09. The first kappa shape index (κ1) is 17.4. The number of fused-ring (bicyclic) bond motifs is 3. The van der Waals surface area contributed by atoms with Gasteiger partial charge >= 0.3 is 0 Å². The van der Waals surface area contributed by atoms with E-state index in [4.69, 9.17) is 4.42 Å². The lowest BCUT2D eigenvalue weighted by Crippen LogP contribution is -2.42. The van der Waals surface area contributed by atoms with Gasteiger partial charge in [0.05, 0.1) is 0 Å². The molecule has 0 unspecified atom stereocenters. The third-order valence-corrected chi connectivity index (χ3v) is 5.75. The van der Waals surface area contributed by atoms with Crippen LogP contribution in [0.15, 0.2) is 28.7 Å². The summed E-state index contributed by atoms with van der Waals surface area (Å²) in [5, 5.41) is 7.80. The maximum absolute atomic E-state index is 12.7. The normalized spacial score (nSPS) is 24.8. The van der Waals surface area contributed by atoms with Gasteiger partial charge in [0.15, 0.2) is 5.88 Å². The largest absolute Gasteiger partial charge is 0.441 e. The molecule has 0 aliphatic carbocycles. The molecule has 2 aromatic rings. The number of nitrogens with one attached hydrogen (secondary N) is 2. The Balaban J connectivity index is 1.54. The Bertz CT molecular complexity index is 803. The summed E-state index contributed by atoms with van der Waals surface area (Å²) in [6.45, 7) is 8.65. The number of benzene rings is 1. The van der Waals surface area contributed by atoms with E-state index in [9.17, 15) is 4.79 Å². The van der Waals surface area contributed by atoms with Crippen LogP contribution in [0.3, 0.4) is 0 Å². The summed E-state index contributed by atoms with van der Waals surface area (Å²) in [7, 11) is 0. The predicted molar refractivity (Wildman–Crippen MR) is 105 cm³/mol. The molecule has 1 aromatic carbocycles. The van der Waals surface area contributed by atoms with E-state index < -0.39 is 0 Å². The van der Waals surface area contributed by atoms with Crippen LogP contribution in [0, 0.1) is 0 Å². The highest BCUT2D eigenvalue weighted by atomic mass is 16.4. The summed E-state index contributed by atoms with van der Waals surface area (Å²) < 4.78 is 6.10. The highest BCUT2D eigenvalue weighted by Crippen LogP contribution is 2.31. The smallest absolute Gasteiger partial charge is 0.251 e. The van der Waals surface area contributed by atoms with Gasteiger partial charge < -0.3 is 20.0 Å². The maximum Gasteiger partial charge on any atom is 0.251 e. The number of nitrogens with zero attached hydrogens (tertiary/aromatic N) is 1. The summed E-state index contributed by atoms with van der Waals surface area (Å²) in [4.78, 5) is 14.9. The van der Waals surface area contributed by atoms with Crippen LogP contribution < -0.4 is 15.5 Å². The topological polar surface area (TPSA) is 57.5 Å². The molecule has 2 fully saturated rings. The number of carbonyl (C=O) groups excluding carboxylic acids is 1. The van der Waals surface area contributed by atoms with Crippen molar-refractivity contribution in [3.63, 3.8) is 0 Å². The summed E-state index contributed by atoms with van der Waals surface area (Å²) >= 11 is 0. The first-order valence-corrected chi connectivity index (χ1v) is 9.81. The minimum atomic E-state index is -0.00576. The maximum atomic E-state index is 12.7. The number of amides is 1. The van der Waals surface area contributed by atoms with Crippen molar-refractivity contribution in [1.82, 2.24) is 10.6 Å². The van der Waals surface area contributed by atoms with Crippen LogP contribution in [0.2, 0.25) is 0 Å². The highest BCUT2D eigenvalue weighted by molar-refractivity contribution is 5.98. The standard InChI is InChI=1S/C21H29N3O2/c1-12(2)24(13(3)4)20-10-14-5-6-15(9-19(14)26-20)21(25)23-18-11-16-7-8-17(18)22-16/h5-6,9-10,12-13,16-18,22H,7-8,11H2,1-4H3,(H,23,25)/t16-,17+,18-/m1/s1. The third-order valence-electron chi connectivity index (χ3n) is 5.75. The van der Waals surface area contributed by atoms with Crippen molar-refractivity contribution in [2.45, 2.75) is 77.2 Å². The molecular weight excluding hydrogens is 326 g/mol. The van der Waals surface area contributed by atoms with Crippen LogP contribution >= 0.6 is 0 Å². The Morgan fingerprint density at radius 3 is 2.58 bits per heavy atom. The fourth-order valence-electron chi connectivity index (χ4n) is 4.63. The fourth-order valence-corrected chi connectivity index (χ4v) is 4.63. The average Bonchev–Trinajstić information content (AvgIpc) is 3.27. The molecule has 0 radical (unpaired) electrons. The molecule has 26 heavy (non-hydrogen) atoms. The van der Waals surface area contributed by atoms with Gasteiger partial charge in [-0.15, -0.1) is 0 Å². The monoisotopic (exact) mass is 355 g/mol. The van der Waals surface area contributed by atoms with Gasteiger partial charge in [-0.3, -0.25) is 4.79 Å². The van der Waals surface area contributed by atoms with Gasteiger partial charge in [0.25, 0.3) is 5.91 Å². The van der Waals surface area contributed by atoms with E-state index in [-0.39, 0.29) is 11.9 Å². The summed E-state index contributed by atoms with van der Waals surface area (Å²) in [5.74, 6) is 0.855. The molecule has 5 nitrogen and oxygen atoms in total. The van der Waals surface area contributed by atoms with Crippen molar-refractivity contribution in [1.29, 1.82) is 0 Å². The van der Waals surface area contributed by atoms with E-state index in [1.807, 2.05) is 18.2 Å². The Morgan fingerprint density at radius 1 is 1.19 bits per heavy atom. The SMILES string of the molecule is CC(C)N(c1cc2ccc(C(=O)N[C@@H]3C[C@H]4CC[C@@H]3N4)cc2o1)C(C)C. The van der Waals surface area contributed by atoms with Crippen molar-refractivity contribution in [3.05, 3.63) is 29.8 Å². The number of carbonyl (C=O) groups is 1. The minimum Gasteiger partial charge on any atom is -0.441 e. The van der Waals surface area contributed by atoms with E-state index in [1.54, 1.807) is 0 Å². The molecule has 2 saturated heterocycles. The van der Waals surface area contributed by atoms with E-state index in [0.717, 1.165) is 29.7 Å². The van der Waals surface area contributed by atoms with Gasteiger partial charge in [-0.1, -0.05) is 6.07 Å². The van der Waals surface area contributed by atoms with Gasteiger partial charge in [0, 0.05) is 47.2 Å². The molecule has 1 aromatic heterocycles. The van der Waals surface area contributed by atoms with E-state index in [0.29, 0.717) is 29.7 Å². The van der Waals surface area contributed by atoms with E-state index in [2.05, 4.69) is 49.3 Å². The van der Waals surface area contributed by atoms with Crippen molar-refractivity contribution in [3.8, 4) is 0 Å². The van der Waals surface area contributed by atoms with Crippen molar-refractivity contribution in [2.24, 2.45) is 0 Å². The zero-order valence-electron chi connectivity index (χ0n) is 16.1. The number of hydrogen-bond donors (Lipinski definition) is 2.